The van der Waals surface area contributed by atoms with Crippen molar-refractivity contribution in [3.63, 3.8) is 0 Å². The summed E-state index contributed by atoms with van der Waals surface area (Å²) in [6, 6.07) is 21.3. The Morgan fingerprint density at radius 1 is 0.806 bits per heavy atom. The molecule has 0 aliphatic carbocycles. The minimum Gasteiger partial charge on any atom is -0.507 e. The van der Waals surface area contributed by atoms with Gasteiger partial charge in [-0.2, -0.15) is 0 Å². The number of hydrogen-bond donors (Lipinski definition) is 3. The van der Waals surface area contributed by atoms with Gasteiger partial charge in [0, 0.05) is 29.5 Å². The zero-order chi connectivity index (χ0) is 22.6. The Hall–Kier alpha value is -3.37. The predicted octanol–water partition coefficient (Wildman–Crippen LogP) is 6.29. The van der Waals surface area contributed by atoms with Gasteiger partial charge in [-0.05, 0) is 61.4 Å². The number of nitrogens with zero attached hydrogens (tertiary/aromatic N) is 1. The molecule has 4 rings (SSSR count). The summed E-state index contributed by atoms with van der Waals surface area (Å²) < 4.78 is 0. The lowest BCUT2D eigenvalue weighted by atomic mass is 9.90. The molecule has 0 atom stereocenters. The van der Waals surface area contributed by atoms with Crippen molar-refractivity contribution in [3.05, 3.63) is 72.3 Å². The molecule has 0 aliphatic heterocycles. The fourth-order valence-corrected chi connectivity index (χ4v) is 3.50. The van der Waals surface area contributed by atoms with E-state index in [9.17, 15) is 10.2 Å². The van der Waals surface area contributed by atoms with E-state index in [0.717, 1.165) is 21.5 Å². The highest BCUT2D eigenvalue weighted by molar-refractivity contribution is 6.12. The monoisotopic (exact) mass is 415 g/mol. The number of rotatable bonds is 2. The molecule has 0 spiro atoms. The first kappa shape index (κ1) is 22.3. The van der Waals surface area contributed by atoms with E-state index < -0.39 is 0 Å². The molecule has 0 saturated carbocycles. The van der Waals surface area contributed by atoms with Crippen LogP contribution in [0.15, 0.2) is 71.7 Å². The van der Waals surface area contributed by atoms with Crippen molar-refractivity contribution in [2.45, 2.75) is 33.2 Å². The number of aliphatic hydroxyl groups excluding tert-OH is 1. The lowest BCUT2D eigenvalue weighted by Crippen LogP contribution is -2.09. The van der Waals surface area contributed by atoms with Crippen LogP contribution in [0.2, 0.25) is 0 Å². The molecule has 0 bridgehead atoms. The molecule has 0 heterocycles. The summed E-state index contributed by atoms with van der Waals surface area (Å²) in [6.07, 6.45) is 1.72. The molecule has 0 aromatic heterocycles. The summed E-state index contributed by atoms with van der Waals surface area (Å²) in [5.41, 5.74) is 1.65. The molecule has 160 valence electrons. The standard InChI is InChI=1S/C25H23NO2.C2H6O/c1-25(2,3)26-15-18-14-17-9-5-7-11-20(17)23(24(18)28)22-19-10-6-4-8-16(19)12-13-21(22)27;1-2-3/h4-15,27-28H,1-3H3;3H,2H2,1H3. The SMILES string of the molecule is CC(C)(C)N=Cc1cc2ccccc2c(-c2c(O)ccc3ccccc23)c1O.CCO. The molecule has 31 heavy (non-hydrogen) atoms. The quantitative estimate of drug-likeness (QED) is 0.337. The van der Waals surface area contributed by atoms with E-state index in [1.807, 2.05) is 81.4 Å². The molecule has 4 nitrogen and oxygen atoms in total. The fourth-order valence-electron chi connectivity index (χ4n) is 3.50. The lowest BCUT2D eigenvalue weighted by molar-refractivity contribution is 0.318. The zero-order valence-corrected chi connectivity index (χ0v) is 18.4. The van der Waals surface area contributed by atoms with Crippen molar-refractivity contribution in [2.75, 3.05) is 6.61 Å². The molecule has 0 unspecified atom stereocenters. The lowest BCUT2D eigenvalue weighted by Gasteiger charge is -2.17. The third kappa shape index (κ3) is 4.86. The van der Waals surface area contributed by atoms with Gasteiger partial charge in [0.15, 0.2) is 0 Å². The van der Waals surface area contributed by atoms with Gasteiger partial charge < -0.3 is 15.3 Å². The van der Waals surface area contributed by atoms with Crippen LogP contribution >= 0.6 is 0 Å². The Kier molecular flexibility index (Phi) is 6.62. The average molecular weight is 416 g/mol. The van der Waals surface area contributed by atoms with E-state index in [2.05, 4.69) is 4.99 Å². The summed E-state index contributed by atoms with van der Waals surface area (Å²) in [5, 5.41) is 33.3. The summed E-state index contributed by atoms with van der Waals surface area (Å²) in [5.74, 6) is 0.266. The smallest absolute Gasteiger partial charge is 0.132 e. The summed E-state index contributed by atoms with van der Waals surface area (Å²) in [6.45, 7) is 7.97. The number of aromatic hydroxyl groups is 2. The van der Waals surface area contributed by atoms with E-state index >= 15 is 0 Å². The first-order valence-electron chi connectivity index (χ1n) is 10.4. The normalized spacial score (nSPS) is 11.6. The van der Waals surface area contributed by atoms with Crippen LogP contribution in [0.3, 0.4) is 0 Å². The molecule has 0 aliphatic rings. The van der Waals surface area contributed by atoms with Crippen LogP contribution in [-0.2, 0) is 0 Å². The largest absolute Gasteiger partial charge is 0.507 e. The predicted molar refractivity (Wildman–Crippen MR) is 130 cm³/mol. The third-order valence-corrected chi connectivity index (χ3v) is 4.80. The maximum Gasteiger partial charge on any atom is 0.132 e. The molecule has 4 aromatic rings. The molecule has 0 saturated heterocycles. The van der Waals surface area contributed by atoms with Crippen molar-refractivity contribution in [2.24, 2.45) is 4.99 Å². The second kappa shape index (κ2) is 9.19. The highest BCUT2D eigenvalue weighted by Crippen LogP contribution is 2.45. The Balaban J connectivity index is 0.000000858. The maximum atomic E-state index is 11.2. The fraction of sp³-hybridized carbons (Fsp3) is 0.222. The molecule has 0 amide bonds. The highest BCUT2D eigenvalue weighted by Gasteiger charge is 2.19. The van der Waals surface area contributed by atoms with E-state index in [0.29, 0.717) is 16.7 Å². The molecule has 0 fully saturated rings. The van der Waals surface area contributed by atoms with Gasteiger partial charge in [-0.3, -0.25) is 4.99 Å². The summed E-state index contributed by atoms with van der Waals surface area (Å²) in [4.78, 5) is 4.57. The van der Waals surface area contributed by atoms with Crippen molar-refractivity contribution in [1.29, 1.82) is 0 Å². The van der Waals surface area contributed by atoms with Gasteiger partial charge in [0.2, 0.25) is 0 Å². The second-order valence-corrected chi connectivity index (χ2v) is 8.34. The molecule has 4 heteroatoms. The minimum absolute atomic E-state index is 0.123. The summed E-state index contributed by atoms with van der Waals surface area (Å²) in [7, 11) is 0. The van der Waals surface area contributed by atoms with E-state index in [-0.39, 0.29) is 23.6 Å². The van der Waals surface area contributed by atoms with Crippen LogP contribution in [0.25, 0.3) is 32.7 Å². The van der Waals surface area contributed by atoms with E-state index in [1.54, 1.807) is 19.2 Å². The van der Waals surface area contributed by atoms with Crippen LogP contribution in [0.4, 0.5) is 0 Å². The van der Waals surface area contributed by atoms with Crippen molar-refractivity contribution in [1.82, 2.24) is 0 Å². The van der Waals surface area contributed by atoms with Crippen LogP contribution < -0.4 is 0 Å². The Morgan fingerprint density at radius 3 is 1.97 bits per heavy atom. The molecular formula is C27H29NO3. The van der Waals surface area contributed by atoms with Gasteiger partial charge in [-0.15, -0.1) is 0 Å². The summed E-state index contributed by atoms with van der Waals surface area (Å²) >= 11 is 0. The molecular weight excluding hydrogens is 386 g/mol. The van der Waals surface area contributed by atoms with Crippen molar-refractivity contribution < 1.29 is 15.3 Å². The van der Waals surface area contributed by atoms with Crippen molar-refractivity contribution in [3.8, 4) is 22.6 Å². The number of phenols is 2. The Morgan fingerprint density at radius 2 is 1.35 bits per heavy atom. The van der Waals surface area contributed by atoms with Gasteiger partial charge >= 0.3 is 0 Å². The van der Waals surface area contributed by atoms with Gasteiger partial charge in [-0.25, -0.2) is 0 Å². The van der Waals surface area contributed by atoms with Gasteiger partial charge in [-0.1, -0.05) is 54.6 Å². The number of aliphatic imine (C=N–C) groups is 1. The number of fused-ring (bicyclic) bond motifs is 2. The topological polar surface area (TPSA) is 73.1 Å². The number of hydrogen-bond acceptors (Lipinski definition) is 4. The first-order chi connectivity index (χ1) is 14.8. The minimum atomic E-state index is -0.250. The van der Waals surface area contributed by atoms with E-state index in [4.69, 9.17) is 5.11 Å². The second-order valence-electron chi connectivity index (χ2n) is 8.34. The third-order valence-electron chi connectivity index (χ3n) is 4.80. The number of aliphatic hydroxyl groups is 1. The van der Waals surface area contributed by atoms with Gasteiger partial charge in [0.25, 0.3) is 0 Å². The van der Waals surface area contributed by atoms with Crippen LogP contribution in [0.5, 0.6) is 11.5 Å². The molecule has 3 N–H and O–H groups in total. The van der Waals surface area contributed by atoms with Gasteiger partial charge in [0.1, 0.15) is 11.5 Å². The Bertz CT molecular complexity index is 1240. The molecule has 4 aromatic carbocycles. The zero-order valence-electron chi connectivity index (χ0n) is 18.4. The van der Waals surface area contributed by atoms with Crippen molar-refractivity contribution >= 4 is 27.8 Å². The molecule has 0 radical (unpaired) electrons. The van der Waals surface area contributed by atoms with Crippen LogP contribution in [-0.4, -0.2) is 33.7 Å². The van der Waals surface area contributed by atoms with Gasteiger partial charge in [0.05, 0.1) is 5.54 Å². The van der Waals surface area contributed by atoms with Crippen LogP contribution in [0, 0.1) is 0 Å². The Labute approximate surface area is 183 Å². The van der Waals surface area contributed by atoms with Crippen LogP contribution in [0.1, 0.15) is 33.3 Å². The maximum absolute atomic E-state index is 11.2. The van der Waals surface area contributed by atoms with E-state index in [1.165, 1.54) is 0 Å². The first-order valence-corrected chi connectivity index (χ1v) is 10.4. The number of benzene rings is 4. The average Bonchev–Trinajstić information content (AvgIpc) is 2.73. The number of phenolic OH excluding ortho intramolecular Hbond substituents is 2. The highest BCUT2D eigenvalue weighted by atomic mass is 16.3.